The first kappa shape index (κ1) is 18.4. The highest BCUT2D eigenvalue weighted by Crippen LogP contribution is 2.52. The first-order chi connectivity index (χ1) is 14.6. The van der Waals surface area contributed by atoms with Crippen LogP contribution in [0.3, 0.4) is 0 Å². The van der Waals surface area contributed by atoms with Crippen molar-refractivity contribution in [2.75, 3.05) is 13.2 Å². The summed E-state index contributed by atoms with van der Waals surface area (Å²) in [5, 5.41) is 0. The molecule has 30 heavy (non-hydrogen) atoms. The van der Waals surface area contributed by atoms with Crippen molar-refractivity contribution >= 4 is 6.02 Å². The Morgan fingerprint density at radius 1 is 1.10 bits per heavy atom. The van der Waals surface area contributed by atoms with Crippen LogP contribution in [0.1, 0.15) is 24.5 Å². The van der Waals surface area contributed by atoms with Gasteiger partial charge < -0.3 is 19.9 Å². The SMILES string of the molecule is CCCOc1cc2c(cc1F)Oc1ccc(-c3cncnc3)cc1[C@]21COC(N)=N1. The predicted molar refractivity (Wildman–Crippen MR) is 108 cm³/mol. The Morgan fingerprint density at radius 2 is 1.90 bits per heavy atom. The van der Waals surface area contributed by atoms with Crippen molar-refractivity contribution in [3.8, 4) is 28.4 Å². The van der Waals surface area contributed by atoms with Crippen molar-refractivity contribution in [2.24, 2.45) is 10.7 Å². The van der Waals surface area contributed by atoms with Gasteiger partial charge in [-0.3, -0.25) is 0 Å². The van der Waals surface area contributed by atoms with Crippen molar-refractivity contribution in [2.45, 2.75) is 18.9 Å². The molecule has 2 N–H and O–H groups in total. The Hall–Kier alpha value is -3.68. The van der Waals surface area contributed by atoms with Crippen LogP contribution in [0.2, 0.25) is 0 Å². The Kier molecular flexibility index (Phi) is 4.27. The van der Waals surface area contributed by atoms with E-state index >= 15 is 0 Å². The number of fused-ring (bicyclic) bond motifs is 4. The summed E-state index contributed by atoms with van der Waals surface area (Å²) in [5.74, 6) is 0.582. The molecule has 1 spiro atoms. The van der Waals surface area contributed by atoms with Crippen LogP contribution in [0.5, 0.6) is 17.2 Å². The summed E-state index contributed by atoms with van der Waals surface area (Å²) >= 11 is 0. The number of aromatic nitrogens is 2. The fourth-order valence-corrected chi connectivity index (χ4v) is 3.81. The van der Waals surface area contributed by atoms with Crippen LogP contribution >= 0.6 is 0 Å². The Bertz CT molecular complexity index is 1150. The monoisotopic (exact) mass is 406 g/mol. The highest BCUT2D eigenvalue weighted by molar-refractivity contribution is 5.78. The molecule has 2 aliphatic heterocycles. The van der Waals surface area contributed by atoms with Gasteiger partial charge in [0.25, 0.3) is 6.02 Å². The lowest BCUT2D eigenvalue weighted by Crippen LogP contribution is -2.31. The van der Waals surface area contributed by atoms with E-state index in [1.54, 1.807) is 18.5 Å². The van der Waals surface area contributed by atoms with Gasteiger partial charge in [0.15, 0.2) is 17.1 Å². The Morgan fingerprint density at radius 3 is 2.63 bits per heavy atom. The first-order valence-corrected chi connectivity index (χ1v) is 9.63. The van der Waals surface area contributed by atoms with Crippen molar-refractivity contribution < 1.29 is 18.6 Å². The molecule has 2 aliphatic rings. The molecule has 1 atom stereocenters. The summed E-state index contributed by atoms with van der Waals surface area (Å²) in [7, 11) is 0. The number of amidine groups is 1. The minimum absolute atomic E-state index is 0.0719. The molecule has 1 aromatic heterocycles. The van der Waals surface area contributed by atoms with E-state index in [9.17, 15) is 4.39 Å². The molecule has 7 nitrogen and oxygen atoms in total. The smallest absolute Gasteiger partial charge is 0.283 e. The zero-order valence-corrected chi connectivity index (χ0v) is 16.3. The van der Waals surface area contributed by atoms with Crippen molar-refractivity contribution in [3.63, 3.8) is 0 Å². The molecule has 5 rings (SSSR count). The minimum atomic E-state index is -0.962. The standard InChI is InChI=1S/C22H19FN4O3/c1-2-5-28-20-7-16-19(8-17(20)23)30-18-4-3-13(14-9-25-12-26-10-14)6-15(18)22(16)11-29-21(24)27-22/h3-4,6-10,12H,2,5,11H2,1H3,(H2,24,27)/t22-/m1/s1. The molecule has 0 saturated heterocycles. The van der Waals surface area contributed by atoms with E-state index in [0.29, 0.717) is 23.7 Å². The lowest BCUT2D eigenvalue weighted by atomic mass is 9.80. The minimum Gasteiger partial charge on any atom is -0.491 e. The van der Waals surface area contributed by atoms with Crippen LogP contribution in [0.15, 0.2) is 54.0 Å². The predicted octanol–water partition coefficient (Wildman–Crippen LogP) is 3.77. The van der Waals surface area contributed by atoms with Gasteiger partial charge in [0.05, 0.1) is 6.61 Å². The summed E-state index contributed by atoms with van der Waals surface area (Å²) < 4.78 is 31.8. The van der Waals surface area contributed by atoms with E-state index in [1.165, 1.54) is 12.4 Å². The van der Waals surface area contributed by atoms with Crippen LogP contribution in [-0.2, 0) is 10.3 Å². The second-order valence-electron chi connectivity index (χ2n) is 7.17. The number of ether oxygens (including phenoxy) is 3. The van der Waals surface area contributed by atoms with Gasteiger partial charge >= 0.3 is 0 Å². The summed E-state index contributed by atoms with van der Waals surface area (Å²) in [6.07, 6.45) is 5.70. The lowest BCUT2D eigenvalue weighted by molar-refractivity contribution is 0.261. The van der Waals surface area contributed by atoms with Crippen LogP contribution in [0.25, 0.3) is 11.1 Å². The number of aliphatic imine (C=N–C) groups is 1. The molecular formula is C22H19FN4O3. The third-order valence-corrected chi connectivity index (χ3v) is 5.21. The van der Waals surface area contributed by atoms with Gasteiger partial charge in [0, 0.05) is 35.2 Å². The van der Waals surface area contributed by atoms with Gasteiger partial charge in [-0.05, 0) is 30.2 Å². The molecule has 0 saturated carbocycles. The fraction of sp³-hybridized carbons (Fsp3) is 0.227. The van der Waals surface area contributed by atoms with Crippen LogP contribution in [0.4, 0.5) is 4.39 Å². The van der Waals surface area contributed by atoms with E-state index in [1.807, 2.05) is 25.1 Å². The van der Waals surface area contributed by atoms with Crippen molar-refractivity contribution in [1.29, 1.82) is 0 Å². The number of benzene rings is 2. The Balaban J connectivity index is 1.70. The average molecular weight is 406 g/mol. The molecule has 0 bridgehead atoms. The molecule has 0 fully saturated rings. The molecule has 0 radical (unpaired) electrons. The van der Waals surface area contributed by atoms with E-state index in [-0.39, 0.29) is 18.4 Å². The number of nitrogens with two attached hydrogens (primary N) is 1. The number of halogens is 1. The third kappa shape index (κ3) is 2.83. The maximum atomic E-state index is 14.6. The molecule has 152 valence electrons. The zero-order valence-electron chi connectivity index (χ0n) is 16.3. The van der Waals surface area contributed by atoms with Gasteiger partial charge in [-0.25, -0.2) is 19.4 Å². The molecule has 2 aromatic carbocycles. The quantitative estimate of drug-likeness (QED) is 0.709. The maximum Gasteiger partial charge on any atom is 0.283 e. The summed E-state index contributed by atoms with van der Waals surface area (Å²) in [6, 6.07) is 8.71. The number of hydrogen-bond acceptors (Lipinski definition) is 7. The number of rotatable bonds is 4. The van der Waals surface area contributed by atoms with Crippen LogP contribution < -0.4 is 15.2 Å². The van der Waals surface area contributed by atoms with Crippen molar-refractivity contribution in [3.05, 3.63) is 66.0 Å². The molecule has 0 amide bonds. The molecule has 3 aromatic rings. The lowest BCUT2D eigenvalue weighted by Gasteiger charge is -2.34. The van der Waals surface area contributed by atoms with Gasteiger partial charge in [0.2, 0.25) is 0 Å². The van der Waals surface area contributed by atoms with E-state index in [0.717, 1.165) is 23.1 Å². The molecule has 8 heteroatoms. The van der Waals surface area contributed by atoms with Gasteiger partial charge in [-0.1, -0.05) is 13.0 Å². The van der Waals surface area contributed by atoms with E-state index in [4.69, 9.17) is 19.9 Å². The molecule has 3 heterocycles. The maximum absolute atomic E-state index is 14.6. The molecule has 0 unspecified atom stereocenters. The van der Waals surface area contributed by atoms with Gasteiger partial charge in [0.1, 0.15) is 24.4 Å². The number of hydrogen-bond donors (Lipinski definition) is 1. The topological polar surface area (TPSA) is 91.8 Å². The average Bonchev–Trinajstić information content (AvgIpc) is 3.15. The summed E-state index contributed by atoms with van der Waals surface area (Å²) in [4.78, 5) is 12.8. The largest absolute Gasteiger partial charge is 0.491 e. The highest BCUT2D eigenvalue weighted by Gasteiger charge is 2.47. The van der Waals surface area contributed by atoms with Gasteiger partial charge in [-0.15, -0.1) is 0 Å². The first-order valence-electron chi connectivity index (χ1n) is 9.63. The van der Waals surface area contributed by atoms with Gasteiger partial charge in [-0.2, -0.15) is 0 Å². The number of nitrogens with zero attached hydrogens (tertiary/aromatic N) is 3. The van der Waals surface area contributed by atoms with Crippen LogP contribution in [-0.4, -0.2) is 29.2 Å². The second-order valence-corrected chi connectivity index (χ2v) is 7.17. The normalized spacial score (nSPS) is 18.8. The van der Waals surface area contributed by atoms with Crippen molar-refractivity contribution in [1.82, 2.24) is 9.97 Å². The second kappa shape index (κ2) is 6.98. The van der Waals surface area contributed by atoms with E-state index in [2.05, 4.69) is 15.0 Å². The highest BCUT2D eigenvalue weighted by atomic mass is 19.1. The summed E-state index contributed by atoms with van der Waals surface area (Å²) in [5.41, 5.74) is 8.11. The Labute approximate surface area is 172 Å². The zero-order chi connectivity index (χ0) is 20.7. The molecular weight excluding hydrogens is 387 g/mol. The molecule has 0 aliphatic carbocycles. The summed E-state index contributed by atoms with van der Waals surface area (Å²) in [6.45, 7) is 2.54. The van der Waals surface area contributed by atoms with E-state index < -0.39 is 11.4 Å². The fourth-order valence-electron chi connectivity index (χ4n) is 3.81. The van der Waals surface area contributed by atoms with Crippen LogP contribution in [0, 0.1) is 5.82 Å². The third-order valence-electron chi connectivity index (χ3n) is 5.21.